The summed E-state index contributed by atoms with van der Waals surface area (Å²) in [5.74, 6) is 0.595. The standard InChI is InChI=1S/C11H8BrN5O/c12-7-3-9-11(15-4-7)8(1-2-13-9)14-5-10-16-6-18-17-10/h1-4,6H,5H2,(H,13,14). The summed E-state index contributed by atoms with van der Waals surface area (Å²) < 4.78 is 5.57. The van der Waals surface area contributed by atoms with E-state index in [9.17, 15) is 0 Å². The van der Waals surface area contributed by atoms with Crippen molar-refractivity contribution >= 4 is 32.7 Å². The lowest BCUT2D eigenvalue weighted by atomic mass is 10.3. The van der Waals surface area contributed by atoms with Crippen molar-refractivity contribution in [3.05, 3.63) is 41.2 Å². The van der Waals surface area contributed by atoms with Gasteiger partial charge in [0.25, 0.3) is 0 Å². The van der Waals surface area contributed by atoms with Crippen molar-refractivity contribution in [3.63, 3.8) is 0 Å². The fraction of sp³-hybridized carbons (Fsp3) is 0.0909. The van der Waals surface area contributed by atoms with Crippen LogP contribution in [0.4, 0.5) is 5.69 Å². The highest BCUT2D eigenvalue weighted by atomic mass is 79.9. The third-order valence-corrected chi connectivity index (χ3v) is 2.82. The Morgan fingerprint density at radius 3 is 3.06 bits per heavy atom. The summed E-state index contributed by atoms with van der Waals surface area (Å²) in [6.45, 7) is 0.480. The first-order valence-electron chi connectivity index (χ1n) is 5.22. The first-order valence-corrected chi connectivity index (χ1v) is 6.01. The predicted molar refractivity (Wildman–Crippen MR) is 68.9 cm³/mol. The van der Waals surface area contributed by atoms with E-state index >= 15 is 0 Å². The molecule has 0 unspecified atom stereocenters. The van der Waals surface area contributed by atoms with E-state index in [1.54, 1.807) is 12.4 Å². The number of pyridine rings is 2. The summed E-state index contributed by atoms with van der Waals surface area (Å²) in [5, 5.41) is 6.94. The van der Waals surface area contributed by atoms with Gasteiger partial charge in [-0.1, -0.05) is 5.16 Å². The van der Waals surface area contributed by atoms with Crippen LogP contribution in [0.5, 0.6) is 0 Å². The lowest BCUT2D eigenvalue weighted by Crippen LogP contribution is -2.02. The number of halogens is 1. The topological polar surface area (TPSA) is 76.7 Å². The molecule has 0 aliphatic carbocycles. The summed E-state index contributed by atoms with van der Waals surface area (Å²) in [6, 6.07) is 3.78. The van der Waals surface area contributed by atoms with E-state index in [2.05, 4.69) is 45.9 Å². The Labute approximate surface area is 111 Å². The third-order valence-electron chi connectivity index (χ3n) is 2.39. The molecule has 3 aromatic rings. The zero-order valence-electron chi connectivity index (χ0n) is 9.17. The van der Waals surface area contributed by atoms with Crippen LogP contribution in [0.1, 0.15) is 5.82 Å². The molecule has 0 spiro atoms. The van der Waals surface area contributed by atoms with Gasteiger partial charge >= 0.3 is 0 Å². The Bertz CT molecular complexity index is 670. The summed E-state index contributed by atoms with van der Waals surface area (Å²) in [5.41, 5.74) is 2.52. The van der Waals surface area contributed by atoms with Crippen molar-refractivity contribution in [2.24, 2.45) is 0 Å². The zero-order valence-corrected chi connectivity index (χ0v) is 10.8. The van der Waals surface area contributed by atoms with Gasteiger partial charge in [-0.2, -0.15) is 4.98 Å². The maximum atomic E-state index is 4.67. The minimum Gasteiger partial charge on any atom is -0.376 e. The van der Waals surface area contributed by atoms with Gasteiger partial charge in [0.05, 0.1) is 17.7 Å². The number of hydrogen-bond donors (Lipinski definition) is 1. The summed E-state index contributed by atoms with van der Waals surface area (Å²) >= 11 is 3.37. The number of anilines is 1. The maximum Gasteiger partial charge on any atom is 0.213 e. The van der Waals surface area contributed by atoms with Gasteiger partial charge in [0.1, 0.15) is 5.52 Å². The molecule has 90 valence electrons. The molecule has 0 amide bonds. The van der Waals surface area contributed by atoms with Crippen molar-refractivity contribution in [1.29, 1.82) is 0 Å². The van der Waals surface area contributed by atoms with E-state index in [-0.39, 0.29) is 0 Å². The molecule has 3 aromatic heterocycles. The summed E-state index contributed by atoms with van der Waals surface area (Å²) in [4.78, 5) is 12.6. The van der Waals surface area contributed by atoms with Gasteiger partial charge < -0.3 is 9.84 Å². The van der Waals surface area contributed by atoms with Crippen molar-refractivity contribution in [2.45, 2.75) is 6.54 Å². The van der Waals surface area contributed by atoms with Crippen LogP contribution in [0.3, 0.4) is 0 Å². The number of nitrogens with zero attached hydrogens (tertiary/aromatic N) is 4. The number of rotatable bonds is 3. The average Bonchev–Trinajstić information content (AvgIpc) is 2.89. The molecular weight excluding hydrogens is 298 g/mol. The zero-order chi connectivity index (χ0) is 12.4. The van der Waals surface area contributed by atoms with Crippen LogP contribution in [0.25, 0.3) is 11.0 Å². The van der Waals surface area contributed by atoms with Gasteiger partial charge in [-0.3, -0.25) is 9.97 Å². The van der Waals surface area contributed by atoms with Gasteiger partial charge in [0.15, 0.2) is 5.82 Å². The monoisotopic (exact) mass is 305 g/mol. The molecule has 7 heteroatoms. The van der Waals surface area contributed by atoms with Crippen LogP contribution in [-0.4, -0.2) is 20.1 Å². The van der Waals surface area contributed by atoms with E-state index in [1.807, 2.05) is 12.1 Å². The molecule has 0 aliphatic heterocycles. The van der Waals surface area contributed by atoms with Gasteiger partial charge in [-0.05, 0) is 28.1 Å². The van der Waals surface area contributed by atoms with Crippen LogP contribution in [0.2, 0.25) is 0 Å². The number of nitrogens with one attached hydrogen (secondary N) is 1. The molecule has 1 N–H and O–H groups in total. The first kappa shape index (κ1) is 11.1. The third kappa shape index (κ3) is 2.17. The molecule has 6 nitrogen and oxygen atoms in total. The smallest absolute Gasteiger partial charge is 0.213 e. The highest BCUT2D eigenvalue weighted by molar-refractivity contribution is 9.10. The average molecular weight is 306 g/mol. The van der Waals surface area contributed by atoms with Gasteiger partial charge in [0, 0.05) is 16.9 Å². The lowest BCUT2D eigenvalue weighted by molar-refractivity contribution is 0.411. The Morgan fingerprint density at radius 1 is 1.28 bits per heavy atom. The molecule has 0 saturated carbocycles. The SMILES string of the molecule is Brc1cnc2c(NCc3ncon3)ccnc2c1. The summed E-state index contributed by atoms with van der Waals surface area (Å²) in [6.07, 6.45) is 4.77. The molecule has 0 bridgehead atoms. The van der Waals surface area contributed by atoms with E-state index in [0.29, 0.717) is 12.4 Å². The summed E-state index contributed by atoms with van der Waals surface area (Å²) in [7, 11) is 0. The molecule has 0 atom stereocenters. The second-order valence-corrected chi connectivity index (χ2v) is 4.50. The Kier molecular flexibility index (Phi) is 2.89. The number of hydrogen-bond acceptors (Lipinski definition) is 6. The molecule has 0 aliphatic rings. The van der Waals surface area contributed by atoms with Crippen LogP contribution in [0.15, 0.2) is 39.9 Å². The van der Waals surface area contributed by atoms with Gasteiger partial charge in [-0.15, -0.1) is 0 Å². The van der Waals surface area contributed by atoms with Gasteiger partial charge in [0.2, 0.25) is 6.39 Å². The van der Waals surface area contributed by atoms with E-state index in [0.717, 1.165) is 21.2 Å². The quantitative estimate of drug-likeness (QED) is 0.800. The maximum absolute atomic E-state index is 4.67. The molecule has 3 heterocycles. The minimum atomic E-state index is 0.480. The van der Waals surface area contributed by atoms with Crippen molar-refractivity contribution in [2.75, 3.05) is 5.32 Å². The lowest BCUT2D eigenvalue weighted by Gasteiger charge is -2.06. The van der Waals surface area contributed by atoms with E-state index in [1.165, 1.54) is 6.39 Å². The highest BCUT2D eigenvalue weighted by Crippen LogP contribution is 2.22. The normalized spacial score (nSPS) is 10.7. The second kappa shape index (κ2) is 4.69. The molecule has 0 aromatic carbocycles. The predicted octanol–water partition coefficient (Wildman–Crippen LogP) is 2.39. The second-order valence-electron chi connectivity index (χ2n) is 3.58. The Balaban J connectivity index is 1.92. The first-order chi connectivity index (χ1) is 8.83. The van der Waals surface area contributed by atoms with Crippen LogP contribution >= 0.6 is 15.9 Å². The van der Waals surface area contributed by atoms with Crippen LogP contribution in [0, 0.1) is 0 Å². The highest BCUT2D eigenvalue weighted by Gasteiger charge is 2.05. The molecule has 3 rings (SSSR count). The molecule has 0 radical (unpaired) electrons. The molecule has 18 heavy (non-hydrogen) atoms. The minimum absolute atomic E-state index is 0.480. The van der Waals surface area contributed by atoms with Crippen LogP contribution in [-0.2, 0) is 6.54 Å². The number of fused-ring (bicyclic) bond motifs is 1. The van der Waals surface area contributed by atoms with Gasteiger partial charge in [-0.25, -0.2) is 0 Å². The van der Waals surface area contributed by atoms with Crippen molar-refractivity contribution in [1.82, 2.24) is 20.1 Å². The molecule has 0 saturated heterocycles. The Morgan fingerprint density at radius 2 is 2.22 bits per heavy atom. The fourth-order valence-electron chi connectivity index (χ4n) is 1.59. The number of aromatic nitrogens is 4. The van der Waals surface area contributed by atoms with Crippen molar-refractivity contribution < 1.29 is 4.52 Å². The molecule has 0 fully saturated rings. The molecular formula is C11H8BrN5O. The Hall–Kier alpha value is -2.02. The fourth-order valence-corrected chi connectivity index (χ4v) is 1.91. The van der Waals surface area contributed by atoms with Crippen LogP contribution < -0.4 is 5.32 Å². The van der Waals surface area contributed by atoms with E-state index < -0.39 is 0 Å². The van der Waals surface area contributed by atoms with E-state index in [4.69, 9.17) is 0 Å². The van der Waals surface area contributed by atoms with Crippen molar-refractivity contribution in [3.8, 4) is 0 Å². The largest absolute Gasteiger partial charge is 0.376 e.